The number of ether oxygens (including phenoxy) is 2. The van der Waals surface area contributed by atoms with E-state index in [0.717, 1.165) is 4.47 Å². The quantitative estimate of drug-likeness (QED) is 0.673. The predicted molar refractivity (Wildman–Crippen MR) is 60.7 cm³/mol. The van der Waals surface area contributed by atoms with Gasteiger partial charge in [-0.2, -0.15) is 0 Å². The van der Waals surface area contributed by atoms with Crippen LogP contribution in [0.25, 0.3) is 0 Å². The number of hydrogen-bond acceptors (Lipinski definition) is 4. The largest absolute Gasteiger partial charge is 0.482 e. The molecule has 15 heavy (non-hydrogen) atoms. The Morgan fingerprint density at radius 3 is 2.80 bits per heavy atom. The van der Waals surface area contributed by atoms with Gasteiger partial charge in [-0.15, -0.1) is 0 Å². The Hall–Kier alpha value is -1.23. The molecule has 0 fully saturated rings. The Bertz CT molecular complexity index is 334. The van der Waals surface area contributed by atoms with E-state index < -0.39 is 5.97 Å². The summed E-state index contributed by atoms with van der Waals surface area (Å²) < 4.78 is 10.7. The van der Waals surface area contributed by atoms with Crippen LogP contribution in [0.15, 0.2) is 22.7 Å². The third kappa shape index (κ3) is 4.20. The van der Waals surface area contributed by atoms with Gasteiger partial charge in [-0.05, 0) is 19.1 Å². The summed E-state index contributed by atoms with van der Waals surface area (Å²) in [5, 5.41) is 0. The van der Waals surface area contributed by atoms with Gasteiger partial charge in [-0.25, -0.2) is 4.79 Å². The zero-order valence-electron chi connectivity index (χ0n) is 8.33. The lowest BCUT2D eigenvalue weighted by Crippen LogP contribution is -2.14. The topological polar surface area (TPSA) is 61.5 Å². The fourth-order valence-electron chi connectivity index (χ4n) is 1.01. The number of carbonyl (C=O) groups excluding carboxylic acids is 1. The normalized spacial score (nSPS) is 9.73. The molecule has 0 saturated carbocycles. The van der Waals surface area contributed by atoms with Crippen molar-refractivity contribution in [1.82, 2.24) is 0 Å². The molecule has 0 aliphatic rings. The minimum Gasteiger partial charge on any atom is -0.482 e. The smallest absolute Gasteiger partial charge is 0.344 e. The van der Waals surface area contributed by atoms with Gasteiger partial charge >= 0.3 is 5.97 Å². The van der Waals surface area contributed by atoms with Gasteiger partial charge in [0.15, 0.2) is 6.61 Å². The predicted octanol–water partition coefficient (Wildman–Crippen LogP) is 1.97. The molecule has 0 saturated heterocycles. The average molecular weight is 274 g/mol. The van der Waals surface area contributed by atoms with Gasteiger partial charge in [0.2, 0.25) is 0 Å². The van der Waals surface area contributed by atoms with Crippen molar-refractivity contribution in [2.24, 2.45) is 0 Å². The monoisotopic (exact) mass is 273 g/mol. The third-order valence-electron chi connectivity index (χ3n) is 1.56. The summed E-state index contributed by atoms with van der Waals surface area (Å²) >= 11 is 3.27. The zero-order valence-corrected chi connectivity index (χ0v) is 9.91. The van der Waals surface area contributed by atoms with Gasteiger partial charge in [0.1, 0.15) is 5.75 Å². The number of halogens is 1. The molecule has 2 N–H and O–H groups in total. The summed E-state index contributed by atoms with van der Waals surface area (Å²) in [4.78, 5) is 11.0. The van der Waals surface area contributed by atoms with Crippen molar-refractivity contribution in [2.75, 3.05) is 18.9 Å². The molecule has 1 aromatic carbocycles. The highest BCUT2D eigenvalue weighted by atomic mass is 79.9. The highest BCUT2D eigenvalue weighted by molar-refractivity contribution is 9.10. The molecule has 82 valence electrons. The van der Waals surface area contributed by atoms with Gasteiger partial charge in [0, 0.05) is 16.2 Å². The maximum absolute atomic E-state index is 11.0. The van der Waals surface area contributed by atoms with Crippen molar-refractivity contribution in [1.29, 1.82) is 0 Å². The molecule has 5 heteroatoms. The Morgan fingerprint density at radius 2 is 2.20 bits per heavy atom. The van der Waals surface area contributed by atoms with Crippen LogP contribution in [0.2, 0.25) is 0 Å². The molecular weight excluding hydrogens is 262 g/mol. The summed E-state index contributed by atoms with van der Waals surface area (Å²) in [6, 6.07) is 5.12. The lowest BCUT2D eigenvalue weighted by molar-refractivity contribution is -0.145. The van der Waals surface area contributed by atoms with E-state index in [-0.39, 0.29) is 6.61 Å². The van der Waals surface area contributed by atoms with Crippen molar-refractivity contribution in [3.63, 3.8) is 0 Å². The number of carbonyl (C=O) groups is 1. The molecule has 4 nitrogen and oxygen atoms in total. The number of esters is 1. The van der Waals surface area contributed by atoms with Crippen molar-refractivity contribution in [3.05, 3.63) is 22.7 Å². The lowest BCUT2D eigenvalue weighted by atomic mass is 10.3. The van der Waals surface area contributed by atoms with Crippen molar-refractivity contribution in [3.8, 4) is 5.75 Å². The highest BCUT2D eigenvalue weighted by Gasteiger charge is 2.04. The molecule has 0 aromatic heterocycles. The first-order valence-electron chi connectivity index (χ1n) is 4.46. The van der Waals surface area contributed by atoms with Crippen LogP contribution in [-0.2, 0) is 9.53 Å². The Morgan fingerprint density at radius 1 is 1.47 bits per heavy atom. The van der Waals surface area contributed by atoms with Crippen LogP contribution >= 0.6 is 15.9 Å². The van der Waals surface area contributed by atoms with Gasteiger partial charge in [0.05, 0.1) is 6.61 Å². The van der Waals surface area contributed by atoms with Crippen LogP contribution in [0.4, 0.5) is 5.69 Å². The van der Waals surface area contributed by atoms with E-state index in [1.54, 1.807) is 25.1 Å². The summed E-state index contributed by atoms with van der Waals surface area (Å²) in [7, 11) is 0. The molecule has 0 bridgehead atoms. The molecule has 0 aliphatic heterocycles. The minimum atomic E-state index is -0.393. The van der Waals surface area contributed by atoms with Gasteiger partial charge < -0.3 is 15.2 Å². The summed E-state index contributed by atoms with van der Waals surface area (Å²) in [6.07, 6.45) is 0. The van der Waals surface area contributed by atoms with E-state index >= 15 is 0 Å². The van der Waals surface area contributed by atoms with Crippen molar-refractivity contribution >= 4 is 27.6 Å². The molecular formula is C10H12BrNO3. The lowest BCUT2D eigenvalue weighted by Gasteiger charge is -2.06. The Labute approximate surface area is 96.5 Å². The SMILES string of the molecule is CCOC(=O)COc1cc(N)cc(Br)c1. The third-order valence-corrected chi connectivity index (χ3v) is 2.01. The van der Waals surface area contributed by atoms with Crippen molar-refractivity contribution < 1.29 is 14.3 Å². The minimum absolute atomic E-state index is 0.107. The Balaban J connectivity index is 2.54. The van der Waals surface area contributed by atoms with Crippen LogP contribution in [0.1, 0.15) is 6.92 Å². The van der Waals surface area contributed by atoms with Gasteiger partial charge in [-0.3, -0.25) is 0 Å². The first kappa shape index (κ1) is 11.8. The molecule has 0 heterocycles. The van der Waals surface area contributed by atoms with E-state index in [1.165, 1.54) is 0 Å². The highest BCUT2D eigenvalue weighted by Crippen LogP contribution is 2.22. The van der Waals surface area contributed by atoms with E-state index in [9.17, 15) is 4.79 Å². The van der Waals surface area contributed by atoms with E-state index in [4.69, 9.17) is 15.2 Å². The van der Waals surface area contributed by atoms with Crippen LogP contribution in [0.5, 0.6) is 5.75 Å². The fraction of sp³-hybridized carbons (Fsp3) is 0.300. The van der Waals surface area contributed by atoms with Gasteiger partial charge in [-0.1, -0.05) is 15.9 Å². The Kier molecular flexibility index (Phi) is 4.42. The number of benzene rings is 1. The summed E-state index contributed by atoms with van der Waals surface area (Å²) in [6.45, 7) is 1.99. The second-order valence-electron chi connectivity index (χ2n) is 2.81. The molecule has 1 rings (SSSR count). The maximum atomic E-state index is 11.0. The molecule has 0 spiro atoms. The van der Waals surface area contributed by atoms with E-state index in [2.05, 4.69) is 15.9 Å². The van der Waals surface area contributed by atoms with Crippen LogP contribution in [-0.4, -0.2) is 19.2 Å². The molecule has 0 unspecified atom stereocenters. The molecule has 0 amide bonds. The standard InChI is InChI=1S/C10H12BrNO3/c1-2-14-10(13)6-15-9-4-7(11)3-8(12)5-9/h3-5H,2,6,12H2,1H3. The molecule has 0 radical (unpaired) electrons. The molecule has 0 atom stereocenters. The maximum Gasteiger partial charge on any atom is 0.344 e. The zero-order chi connectivity index (χ0) is 11.3. The average Bonchev–Trinajstić information content (AvgIpc) is 2.14. The fourth-order valence-corrected chi connectivity index (χ4v) is 1.50. The van der Waals surface area contributed by atoms with Crippen LogP contribution in [0, 0.1) is 0 Å². The second-order valence-corrected chi connectivity index (χ2v) is 3.73. The molecule has 0 aliphatic carbocycles. The van der Waals surface area contributed by atoms with Gasteiger partial charge in [0.25, 0.3) is 0 Å². The second kappa shape index (κ2) is 5.60. The van der Waals surface area contributed by atoms with Crippen molar-refractivity contribution in [2.45, 2.75) is 6.92 Å². The summed E-state index contributed by atoms with van der Waals surface area (Å²) in [5.74, 6) is 0.144. The van der Waals surface area contributed by atoms with Crippen LogP contribution in [0.3, 0.4) is 0 Å². The number of anilines is 1. The summed E-state index contributed by atoms with van der Waals surface area (Å²) in [5.41, 5.74) is 6.17. The van der Waals surface area contributed by atoms with Crippen LogP contribution < -0.4 is 10.5 Å². The van der Waals surface area contributed by atoms with E-state index in [1.807, 2.05) is 0 Å². The number of nitrogens with two attached hydrogens (primary N) is 1. The first-order chi connectivity index (χ1) is 7.11. The number of nitrogen functional groups attached to an aromatic ring is 1. The number of rotatable bonds is 4. The molecule has 1 aromatic rings. The first-order valence-corrected chi connectivity index (χ1v) is 5.25. The van der Waals surface area contributed by atoms with E-state index in [0.29, 0.717) is 18.0 Å². The number of hydrogen-bond donors (Lipinski definition) is 1.